The van der Waals surface area contributed by atoms with Crippen LogP contribution in [0.1, 0.15) is 126 Å². The van der Waals surface area contributed by atoms with Crippen LogP contribution in [-0.4, -0.2) is 131 Å². The summed E-state index contributed by atoms with van der Waals surface area (Å²) in [6.07, 6.45) is 0.190. The average molecular weight is 1150 g/mol. The van der Waals surface area contributed by atoms with Crippen molar-refractivity contribution >= 4 is 48.5 Å². The van der Waals surface area contributed by atoms with Gasteiger partial charge in [0.2, 0.25) is 0 Å². The molecule has 76 heavy (non-hydrogen) atoms. The molecule has 0 amide bonds. The van der Waals surface area contributed by atoms with E-state index in [2.05, 4.69) is 127 Å². The summed E-state index contributed by atoms with van der Waals surface area (Å²) in [4.78, 5) is 0. The number of ether oxygens (including phenoxy) is 7. The van der Waals surface area contributed by atoms with E-state index in [-0.39, 0.29) is 58.0 Å². The van der Waals surface area contributed by atoms with Gasteiger partial charge in [-0.05, 0) is 121 Å². The molecule has 1 N–H and O–H groups in total. The molecule has 0 aromatic heterocycles. The van der Waals surface area contributed by atoms with E-state index in [1.165, 1.54) is 0 Å². The zero-order valence-electron chi connectivity index (χ0n) is 51.7. The van der Waals surface area contributed by atoms with E-state index < -0.39 is 47.3 Å². The number of methoxy groups -OCH3 is 5. The number of aliphatic hydroxyl groups is 1. The second-order valence-electron chi connectivity index (χ2n) is 25.5. The molecule has 0 saturated carbocycles. The van der Waals surface area contributed by atoms with E-state index >= 15 is 0 Å². The van der Waals surface area contributed by atoms with Crippen LogP contribution in [0.2, 0.25) is 54.4 Å². The Bertz CT molecular complexity index is 2070. The zero-order chi connectivity index (χ0) is 57.5. The maximum atomic E-state index is 13.8. The first kappa shape index (κ1) is 68.7. The summed E-state index contributed by atoms with van der Waals surface area (Å²) in [5.41, 5.74) is 1.96. The van der Waals surface area contributed by atoms with Gasteiger partial charge in [-0.1, -0.05) is 94.4 Å². The standard InChI is InChI=1S/C60H106O11S2Si3/c1-24-25-26-28-50(69-74(18,19)57(4,5)6)53(66-17)39-54(68-41-46-31-34-49(64-15)52(37-46)65-16)56(61)60(72-35-27-36-73-60)44(3)55(71-76(22,23)59(10,11)12)43(2)51(70-75(20,21)58(7,8)9)38-48(42-62-13)67-40-45-29-32-47(63-14)33-30-45/h29-34,37,43-44,48,50-51,53-56,61H,26-28,35-36,38-42H2,1-23H3/t43-,44+,48+,50-,51+,53-,54-,55-,56+/m0/s1. The number of hydrogen-bond donors (Lipinski definition) is 1. The molecule has 1 saturated heterocycles. The summed E-state index contributed by atoms with van der Waals surface area (Å²) in [7, 11) is 1.26. The quantitative estimate of drug-likeness (QED) is 0.0572. The zero-order valence-corrected chi connectivity index (χ0v) is 56.3. The minimum atomic E-state index is -2.50. The predicted molar refractivity (Wildman–Crippen MR) is 327 cm³/mol. The fraction of sp³-hybridized carbons (Fsp3) is 0.767. The third-order valence-electron chi connectivity index (χ3n) is 17.0. The maximum Gasteiger partial charge on any atom is 0.192 e. The molecule has 2 aromatic rings. The molecule has 16 heteroatoms. The van der Waals surface area contributed by atoms with Gasteiger partial charge in [-0.15, -0.1) is 35.4 Å². The second-order valence-corrected chi connectivity index (χ2v) is 42.8. The van der Waals surface area contributed by atoms with Gasteiger partial charge in [0, 0.05) is 45.3 Å². The van der Waals surface area contributed by atoms with E-state index in [0.717, 1.165) is 34.8 Å². The molecule has 1 heterocycles. The lowest BCUT2D eigenvalue weighted by Gasteiger charge is -2.53. The Labute approximate surface area is 475 Å². The van der Waals surface area contributed by atoms with Gasteiger partial charge in [-0.2, -0.15) is 0 Å². The Hall–Kier alpha value is -1.57. The van der Waals surface area contributed by atoms with Crippen LogP contribution < -0.4 is 14.2 Å². The first-order valence-electron chi connectivity index (χ1n) is 27.8. The molecule has 2 aromatic carbocycles. The highest BCUT2D eigenvalue weighted by molar-refractivity contribution is 8.18. The van der Waals surface area contributed by atoms with E-state index in [1.54, 1.807) is 35.5 Å². The Morgan fingerprint density at radius 2 is 1.16 bits per heavy atom. The summed E-state index contributed by atoms with van der Waals surface area (Å²) < 4.78 is 65.3. The Morgan fingerprint density at radius 3 is 1.66 bits per heavy atom. The molecular weight excluding hydrogens is 1050 g/mol. The SMILES string of the molecule is CC#CCC[C@H](O[Si](C)(C)C(C)(C)C)[C@H](C[C@H](OCc1ccc(OC)c(OC)c1)[C@@H](O)C1([C@H](C)[C@@H](O[Si](C)(C)C(C)(C)C)[C@@H](C)[C@@H](C[C@H](COC)OCc2ccc(OC)cc2)O[Si](C)(C)C(C)(C)C)SCCCS1)OC. The fourth-order valence-corrected chi connectivity index (χ4v) is 16.9. The minimum Gasteiger partial charge on any atom is -0.497 e. The van der Waals surface area contributed by atoms with Crippen LogP contribution in [0.3, 0.4) is 0 Å². The van der Waals surface area contributed by atoms with Crippen molar-refractivity contribution in [2.24, 2.45) is 11.8 Å². The minimum absolute atomic E-state index is 0.0358. The lowest BCUT2D eigenvalue weighted by atomic mass is 9.82. The summed E-state index contributed by atoms with van der Waals surface area (Å²) in [6, 6.07) is 13.9. The van der Waals surface area contributed by atoms with Gasteiger partial charge in [-0.25, -0.2) is 0 Å². The van der Waals surface area contributed by atoms with Gasteiger partial charge >= 0.3 is 0 Å². The van der Waals surface area contributed by atoms with Crippen molar-refractivity contribution in [3.05, 3.63) is 53.6 Å². The third kappa shape index (κ3) is 19.0. The second kappa shape index (κ2) is 29.9. The molecule has 1 aliphatic rings. The van der Waals surface area contributed by atoms with Gasteiger partial charge in [-0.3, -0.25) is 0 Å². The van der Waals surface area contributed by atoms with Crippen LogP contribution in [0.5, 0.6) is 17.2 Å². The maximum absolute atomic E-state index is 13.8. The highest BCUT2D eigenvalue weighted by Crippen LogP contribution is 2.55. The van der Waals surface area contributed by atoms with Crippen molar-refractivity contribution in [1.82, 2.24) is 0 Å². The molecule has 0 radical (unpaired) electrons. The Balaban J connectivity index is 2.32. The van der Waals surface area contributed by atoms with Crippen LogP contribution in [0.4, 0.5) is 0 Å². The van der Waals surface area contributed by atoms with Gasteiger partial charge in [0.1, 0.15) is 11.9 Å². The van der Waals surface area contributed by atoms with Crippen LogP contribution in [0.25, 0.3) is 0 Å². The van der Waals surface area contributed by atoms with Gasteiger partial charge < -0.3 is 51.5 Å². The molecular formula is C60H106O11S2Si3. The summed E-state index contributed by atoms with van der Waals surface area (Å²) >= 11 is 3.73. The monoisotopic (exact) mass is 1150 g/mol. The van der Waals surface area contributed by atoms with E-state index in [4.69, 9.17) is 46.4 Å². The topological polar surface area (TPSA) is 113 Å². The molecule has 0 aliphatic carbocycles. The normalized spacial score (nSPS) is 18.5. The average Bonchev–Trinajstić information content (AvgIpc) is 3.35. The summed E-state index contributed by atoms with van der Waals surface area (Å²) in [6.45, 7) is 42.2. The Morgan fingerprint density at radius 1 is 0.632 bits per heavy atom. The van der Waals surface area contributed by atoms with Crippen LogP contribution >= 0.6 is 23.5 Å². The molecule has 0 spiro atoms. The molecule has 1 aliphatic heterocycles. The highest BCUT2D eigenvalue weighted by atomic mass is 32.2. The van der Waals surface area contributed by atoms with Gasteiger partial charge in [0.15, 0.2) is 36.5 Å². The summed E-state index contributed by atoms with van der Waals surface area (Å²) in [5, 5.41) is 13.6. The van der Waals surface area contributed by atoms with E-state index in [0.29, 0.717) is 50.4 Å². The highest BCUT2D eigenvalue weighted by Gasteiger charge is 2.56. The van der Waals surface area contributed by atoms with Crippen LogP contribution in [0, 0.1) is 23.7 Å². The smallest absolute Gasteiger partial charge is 0.192 e. The Kier molecular flexibility index (Phi) is 27.1. The van der Waals surface area contributed by atoms with Crippen molar-refractivity contribution in [2.75, 3.05) is 53.7 Å². The molecule has 9 atom stereocenters. The van der Waals surface area contributed by atoms with Gasteiger partial charge in [0.25, 0.3) is 0 Å². The molecule has 0 unspecified atom stereocenters. The first-order chi connectivity index (χ1) is 35.3. The number of thioether (sulfide) groups is 2. The number of aliphatic hydroxyl groups excluding tert-OH is 1. The van der Waals surface area contributed by atoms with E-state index in [1.807, 2.05) is 72.9 Å². The fourth-order valence-electron chi connectivity index (χ4n) is 8.94. The molecule has 3 rings (SSSR count). The predicted octanol–water partition coefficient (Wildman–Crippen LogP) is 14.8. The largest absolute Gasteiger partial charge is 0.497 e. The summed E-state index contributed by atoms with van der Waals surface area (Å²) in [5.74, 6) is 9.91. The first-order valence-corrected chi connectivity index (χ1v) is 38.5. The third-order valence-corrected chi connectivity index (χ3v) is 34.3. The van der Waals surface area contributed by atoms with Crippen molar-refractivity contribution in [1.29, 1.82) is 0 Å². The van der Waals surface area contributed by atoms with Crippen LogP contribution in [-0.2, 0) is 45.4 Å². The molecule has 1 fully saturated rings. The lowest BCUT2D eigenvalue weighted by Crippen LogP contribution is -2.60. The molecule has 436 valence electrons. The van der Waals surface area contributed by atoms with Crippen molar-refractivity contribution in [2.45, 2.75) is 230 Å². The number of benzene rings is 2. The van der Waals surface area contributed by atoms with Gasteiger partial charge in [0.05, 0.1) is 81.9 Å². The van der Waals surface area contributed by atoms with Crippen molar-refractivity contribution in [3.8, 4) is 29.1 Å². The number of hydrogen-bond acceptors (Lipinski definition) is 13. The molecule has 11 nitrogen and oxygen atoms in total. The van der Waals surface area contributed by atoms with Crippen molar-refractivity contribution < 1.29 is 51.5 Å². The number of rotatable bonds is 31. The van der Waals surface area contributed by atoms with E-state index in [9.17, 15) is 5.11 Å². The van der Waals surface area contributed by atoms with Crippen LogP contribution in [0.15, 0.2) is 42.5 Å². The molecule has 0 bridgehead atoms. The lowest BCUT2D eigenvalue weighted by molar-refractivity contribution is -0.105. The van der Waals surface area contributed by atoms with Crippen molar-refractivity contribution in [3.63, 3.8) is 0 Å².